The molecule has 1 aliphatic carbocycles. The van der Waals surface area contributed by atoms with Crippen LogP contribution in [0.3, 0.4) is 0 Å². The van der Waals surface area contributed by atoms with Crippen LogP contribution >= 0.6 is 0 Å². The predicted octanol–water partition coefficient (Wildman–Crippen LogP) is 4.11. The number of anilines is 1. The zero-order valence-corrected chi connectivity index (χ0v) is 12.5. The third-order valence-corrected chi connectivity index (χ3v) is 4.27. The van der Waals surface area contributed by atoms with Crippen molar-refractivity contribution in [3.8, 4) is 0 Å². The highest BCUT2D eigenvalue weighted by Gasteiger charge is 2.24. The van der Waals surface area contributed by atoms with Crippen LogP contribution in [0.25, 0.3) is 10.9 Å². The van der Waals surface area contributed by atoms with Gasteiger partial charge in [0.15, 0.2) is 0 Å². The van der Waals surface area contributed by atoms with Gasteiger partial charge in [-0.3, -0.25) is 9.78 Å². The van der Waals surface area contributed by atoms with Crippen LogP contribution in [0.4, 0.5) is 10.1 Å². The van der Waals surface area contributed by atoms with Gasteiger partial charge in [-0.2, -0.15) is 0 Å². The Morgan fingerprint density at radius 3 is 2.70 bits per heavy atom. The van der Waals surface area contributed by atoms with E-state index in [4.69, 9.17) is 0 Å². The largest absolute Gasteiger partial charge is 0.319 e. The highest BCUT2D eigenvalue weighted by atomic mass is 19.1. The van der Waals surface area contributed by atoms with Crippen molar-refractivity contribution in [2.75, 3.05) is 5.32 Å². The summed E-state index contributed by atoms with van der Waals surface area (Å²) in [5.41, 5.74) is 3.63. The average Bonchev–Trinajstić information content (AvgIpc) is 3.02. The number of hydrogen-bond acceptors (Lipinski definition) is 2. The molecule has 0 aliphatic heterocycles. The molecule has 23 heavy (non-hydrogen) atoms. The molecule has 0 saturated carbocycles. The molecule has 1 heterocycles. The van der Waals surface area contributed by atoms with E-state index in [1.54, 1.807) is 18.2 Å². The lowest BCUT2D eigenvalue weighted by molar-refractivity contribution is 0.102. The summed E-state index contributed by atoms with van der Waals surface area (Å²) in [6.45, 7) is 0. The van der Waals surface area contributed by atoms with Crippen LogP contribution in [0.5, 0.6) is 0 Å². The predicted molar refractivity (Wildman–Crippen MR) is 88.1 cm³/mol. The molecule has 0 radical (unpaired) electrons. The lowest BCUT2D eigenvalue weighted by Crippen LogP contribution is -2.16. The van der Waals surface area contributed by atoms with Crippen molar-refractivity contribution in [1.29, 1.82) is 0 Å². The first kappa shape index (κ1) is 13.9. The monoisotopic (exact) mass is 306 g/mol. The number of carbonyl (C=O) groups excluding carboxylic acids is 1. The minimum Gasteiger partial charge on any atom is -0.319 e. The Morgan fingerprint density at radius 1 is 1.04 bits per heavy atom. The Bertz CT molecular complexity index is 920. The fourth-order valence-electron chi connectivity index (χ4n) is 3.22. The fourth-order valence-corrected chi connectivity index (χ4v) is 3.22. The van der Waals surface area contributed by atoms with Crippen molar-refractivity contribution in [2.24, 2.45) is 0 Å². The first-order valence-corrected chi connectivity index (χ1v) is 7.70. The molecule has 1 aliphatic rings. The van der Waals surface area contributed by atoms with Crippen LogP contribution in [0, 0.1) is 5.82 Å². The number of amides is 1. The average molecular weight is 306 g/mol. The molecule has 4 heteroatoms. The maximum absolute atomic E-state index is 13.8. The minimum atomic E-state index is -0.434. The number of nitrogens with zero attached hydrogens (tertiary/aromatic N) is 1. The Balaban J connectivity index is 1.85. The van der Waals surface area contributed by atoms with Crippen molar-refractivity contribution >= 4 is 22.5 Å². The molecule has 3 nitrogen and oxygen atoms in total. The number of para-hydroxylation sites is 2. The smallest absolute Gasteiger partial charge is 0.256 e. The topological polar surface area (TPSA) is 42.0 Å². The van der Waals surface area contributed by atoms with Crippen LogP contribution in [0.1, 0.15) is 28.0 Å². The molecule has 1 aromatic heterocycles. The SMILES string of the molecule is O=C(Nc1ccccc1F)c1c2c(nc3ccccc13)CCC2. The zero-order chi connectivity index (χ0) is 15.8. The van der Waals surface area contributed by atoms with E-state index in [-0.39, 0.29) is 11.6 Å². The normalized spacial score (nSPS) is 13.1. The highest BCUT2D eigenvalue weighted by Crippen LogP contribution is 2.30. The van der Waals surface area contributed by atoms with E-state index < -0.39 is 5.82 Å². The van der Waals surface area contributed by atoms with Gasteiger partial charge in [-0.15, -0.1) is 0 Å². The highest BCUT2D eigenvalue weighted by molar-refractivity contribution is 6.13. The van der Waals surface area contributed by atoms with E-state index in [0.717, 1.165) is 41.4 Å². The van der Waals surface area contributed by atoms with E-state index in [2.05, 4.69) is 10.3 Å². The molecule has 3 aromatic rings. The summed E-state index contributed by atoms with van der Waals surface area (Å²) in [5, 5.41) is 3.53. The first-order chi connectivity index (χ1) is 11.2. The Morgan fingerprint density at radius 2 is 1.83 bits per heavy atom. The number of pyridine rings is 1. The number of rotatable bonds is 2. The zero-order valence-electron chi connectivity index (χ0n) is 12.5. The number of nitrogens with one attached hydrogen (secondary N) is 1. The molecule has 2 aromatic carbocycles. The van der Waals surface area contributed by atoms with Crippen molar-refractivity contribution in [3.63, 3.8) is 0 Å². The van der Waals surface area contributed by atoms with Crippen LogP contribution < -0.4 is 5.32 Å². The minimum absolute atomic E-state index is 0.199. The van der Waals surface area contributed by atoms with Crippen molar-refractivity contribution in [3.05, 3.63) is 71.2 Å². The third-order valence-electron chi connectivity index (χ3n) is 4.27. The molecule has 4 rings (SSSR count). The molecule has 0 saturated heterocycles. The molecule has 0 fully saturated rings. The van der Waals surface area contributed by atoms with Crippen molar-refractivity contribution < 1.29 is 9.18 Å². The van der Waals surface area contributed by atoms with E-state index in [1.165, 1.54) is 6.07 Å². The van der Waals surface area contributed by atoms with Gasteiger partial charge in [0.2, 0.25) is 0 Å². The van der Waals surface area contributed by atoms with Gasteiger partial charge < -0.3 is 5.32 Å². The van der Waals surface area contributed by atoms with E-state index in [9.17, 15) is 9.18 Å². The first-order valence-electron chi connectivity index (χ1n) is 7.70. The summed E-state index contributed by atoms with van der Waals surface area (Å²) in [4.78, 5) is 17.5. The molecule has 1 amide bonds. The van der Waals surface area contributed by atoms with Crippen LogP contribution in [0.15, 0.2) is 48.5 Å². The second-order valence-electron chi connectivity index (χ2n) is 5.72. The van der Waals surface area contributed by atoms with Crippen molar-refractivity contribution in [1.82, 2.24) is 4.98 Å². The van der Waals surface area contributed by atoms with Crippen LogP contribution in [-0.4, -0.2) is 10.9 Å². The van der Waals surface area contributed by atoms with E-state index in [0.29, 0.717) is 5.56 Å². The number of carbonyl (C=O) groups is 1. The summed E-state index contributed by atoms with van der Waals surface area (Å²) >= 11 is 0. The van der Waals surface area contributed by atoms with Gasteiger partial charge >= 0.3 is 0 Å². The summed E-state index contributed by atoms with van der Waals surface area (Å²) in [6, 6.07) is 13.8. The van der Waals surface area contributed by atoms with Gasteiger partial charge in [-0.05, 0) is 43.0 Å². The second kappa shape index (κ2) is 5.47. The van der Waals surface area contributed by atoms with Crippen LogP contribution in [-0.2, 0) is 12.8 Å². The second-order valence-corrected chi connectivity index (χ2v) is 5.72. The lowest BCUT2D eigenvalue weighted by Gasteiger charge is -2.13. The molecule has 0 atom stereocenters. The number of hydrogen-bond donors (Lipinski definition) is 1. The maximum Gasteiger partial charge on any atom is 0.256 e. The fraction of sp³-hybridized carbons (Fsp3) is 0.158. The molecule has 0 unspecified atom stereocenters. The summed E-state index contributed by atoms with van der Waals surface area (Å²) < 4.78 is 13.8. The standard InChI is InChI=1S/C19H15FN2O/c20-14-8-2-4-10-17(14)22-19(23)18-12-6-1-3-9-15(12)21-16-11-5-7-13(16)18/h1-4,6,8-10H,5,7,11H2,(H,22,23). The Hall–Kier alpha value is -2.75. The lowest BCUT2D eigenvalue weighted by atomic mass is 10.0. The van der Waals surface area contributed by atoms with E-state index >= 15 is 0 Å². The van der Waals surface area contributed by atoms with Gasteiger partial charge in [0.1, 0.15) is 5.82 Å². The van der Waals surface area contributed by atoms with Crippen LogP contribution in [0.2, 0.25) is 0 Å². The number of fused-ring (bicyclic) bond motifs is 2. The van der Waals surface area contributed by atoms with Gasteiger partial charge in [0.05, 0.1) is 16.8 Å². The molecule has 114 valence electrons. The molecule has 0 spiro atoms. The number of halogens is 1. The van der Waals surface area contributed by atoms with E-state index in [1.807, 2.05) is 24.3 Å². The maximum atomic E-state index is 13.8. The Labute approximate surface area is 133 Å². The summed E-state index contributed by atoms with van der Waals surface area (Å²) in [6.07, 6.45) is 2.73. The van der Waals surface area contributed by atoms with Gasteiger partial charge in [0.25, 0.3) is 5.91 Å². The van der Waals surface area contributed by atoms with Gasteiger partial charge in [-0.1, -0.05) is 30.3 Å². The van der Waals surface area contributed by atoms with Crippen molar-refractivity contribution in [2.45, 2.75) is 19.3 Å². The molecule has 0 bridgehead atoms. The number of benzene rings is 2. The molecular formula is C19H15FN2O. The molecule has 1 N–H and O–H groups in total. The molecular weight excluding hydrogens is 291 g/mol. The number of aromatic nitrogens is 1. The summed E-state index contributed by atoms with van der Waals surface area (Å²) in [5.74, 6) is -0.706. The number of aryl methyl sites for hydroxylation is 1. The summed E-state index contributed by atoms with van der Waals surface area (Å²) in [7, 11) is 0. The third kappa shape index (κ3) is 2.36. The Kier molecular flexibility index (Phi) is 3.30. The van der Waals surface area contributed by atoms with Gasteiger partial charge in [0, 0.05) is 11.1 Å². The van der Waals surface area contributed by atoms with Gasteiger partial charge in [-0.25, -0.2) is 4.39 Å². The quantitative estimate of drug-likeness (QED) is 0.774.